The van der Waals surface area contributed by atoms with Gasteiger partial charge in [-0.15, -0.1) is 0 Å². The van der Waals surface area contributed by atoms with Gasteiger partial charge in [0.05, 0.1) is 10.9 Å². The molecule has 0 spiro atoms. The van der Waals surface area contributed by atoms with Crippen molar-refractivity contribution in [3.05, 3.63) is 77.6 Å². The highest BCUT2D eigenvalue weighted by atomic mass is 16.3. The number of hydrogen-bond donors (Lipinski definition) is 3. The van der Waals surface area contributed by atoms with Gasteiger partial charge in [-0.25, -0.2) is 15.0 Å². The van der Waals surface area contributed by atoms with Crippen LogP contribution in [0.2, 0.25) is 0 Å². The molecular formula is C24H25N5O. The van der Waals surface area contributed by atoms with Crippen LogP contribution < -0.4 is 10.6 Å². The molecule has 4 rings (SSSR count). The predicted molar refractivity (Wildman–Crippen MR) is 121 cm³/mol. The third-order valence-corrected chi connectivity index (χ3v) is 5.03. The quantitative estimate of drug-likeness (QED) is 0.389. The number of aryl methyl sites for hydroxylation is 2. The smallest absolute Gasteiger partial charge is 0.223 e. The van der Waals surface area contributed by atoms with E-state index in [-0.39, 0.29) is 5.75 Å². The molecule has 0 saturated heterocycles. The summed E-state index contributed by atoms with van der Waals surface area (Å²) < 4.78 is 0. The van der Waals surface area contributed by atoms with Crippen molar-refractivity contribution in [3.63, 3.8) is 0 Å². The van der Waals surface area contributed by atoms with Gasteiger partial charge in [0.2, 0.25) is 5.95 Å². The summed E-state index contributed by atoms with van der Waals surface area (Å²) >= 11 is 0. The van der Waals surface area contributed by atoms with Crippen LogP contribution in [0.15, 0.2) is 60.9 Å². The minimum Gasteiger partial charge on any atom is -0.508 e. The summed E-state index contributed by atoms with van der Waals surface area (Å²) in [4.78, 5) is 13.6. The first-order valence-corrected chi connectivity index (χ1v) is 10.1. The average Bonchev–Trinajstić information content (AvgIpc) is 2.76. The summed E-state index contributed by atoms with van der Waals surface area (Å²) in [7, 11) is 0. The zero-order valence-corrected chi connectivity index (χ0v) is 17.2. The fourth-order valence-electron chi connectivity index (χ4n) is 3.36. The highest BCUT2D eigenvalue weighted by Crippen LogP contribution is 2.25. The topological polar surface area (TPSA) is 83.0 Å². The third-order valence-electron chi connectivity index (χ3n) is 5.03. The molecule has 0 amide bonds. The van der Waals surface area contributed by atoms with Crippen molar-refractivity contribution in [2.75, 3.05) is 10.6 Å². The molecule has 2 aromatic heterocycles. The maximum Gasteiger partial charge on any atom is 0.223 e. The number of anilines is 3. The van der Waals surface area contributed by atoms with E-state index in [9.17, 15) is 5.11 Å². The first kappa shape index (κ1) is 19.6. The monoisotopic (exact) mass is 399 g/mol. The van der Waals surface area contributed by atoms with Gasteiger partial charge in [0.1, 0.15) is 11.6 Å². The number of nitrogens with one attached hydrogen (secondary N) is 2. The number of phenols is 1. The third kappa shape index (κ3) is 4.49. The number of benzene rings is 2. The Bertz CT molecular complexity index is 1160. The van der Waals surface area contributed by atoms with E-state index in [4.69, 9.17) is 0 Å². The van der Waals surface area contributed by atoms with Crippen molar-refractivity contribution in [1.82, 2.24) is 15.0 Å². The van der Waals surface area contributed by atoms with Crippen molar-refractivity contribution >= 4 is 28.4 Å². The lowest BCUT2D eigenvalue weighted by Gasteiger charge is -2.12. The number of pyridine rings is 1. The molecule has 152 valence electrons. The summed E-state index contributed by atoms with van der Waals surface area (Å²) in [6, 6.07) is 15.3. The molecule has 0 bridgehead atoms. The number of aromatic nitrogens is 3. The standard InChI is InChI=1S/C24H25N5O/c1-3-4-18-13-19(8-5-16(18)2)28-23-21-15-27-24(29-22(21)11-12-25-23)26-14-17-6-9-20(30)10-7-17/h5-13,15,30H,3-4,14H2,1-2H3,(H,25,28)(H,26,27,29). The second kappa shape index (κ2) is 8.78. The number of phenolic OH excluding ortho intramolecular Hbond substituents is 1. The van der Waals surface area contributed by atoms with Gasteiger partial charge in [-0.3, -0.25) is 0 Å². The summed E-state index contributed by atoms with van der Waals surface area (Å²) in [5.74, 6) is 1.54. The summed E-state index contributed by atoms with van der Waals surface area (Å²) in [6.45, 7) is 4.91. The number of fused-ring (bicyclic) bond motifs is 1. The second-order valence-electron chi connectivity index (χ2n) is 7.32. The van der Waals surface area contributed by atoms with E-state index in [1.807, 2.05) is 18.2 Å². The fourth-order valence-corrected chi connectivity index (χ4v) is 3.36. The van der Waals surface area contributed by atoms with E-state index in [2.05, 4.69) is 57.6 Å². The largest absolute Gasteiger partial charge is 0.508 e. The molecule has 0 aliphatic rings. The SMILES string of the molecule is CCCc1cc(Nc2nccc3nc(NCc4ccc(O)cc4)ncc23)ccc1C. The molecule has 0 fully saturated rings. The molecule has 6 nitrogen and oxygen atoms in total. The molecule has 0 aliphatic heterocycles. The van der Waals surface area contributed by atoms with Crippen molar-refractivity contribution in [1.29, 1.82) is 0 Å². The van der Waals surface area contributed by atoms with Crippen molar-refractivity contribution in [2.24, 2.45) is 0 Å². The van der Waals surface area contributed by atoms with Gasteiger partial charge in [-0.2, -0.15) is 0 Å². The van der Waals surface area contributed by atoms with Crippen LogP contribution in [0.25, 0.3) is 10.9 Å². The van der Waals surface area contributed by atoms with Gasteiger partial charge >= 0.3 is 0 Å². The van der Waals surface area contributed by atoms with Crippen molar-refractivity contribution in [2.45, 2.75) is 33.2 Å². The lowest BCUT2D eigenvalue weighted by molar-refractivity contribution is 0.475. The maximum absolute atomic E-state index is 9.39. The molecule has 2 aromatic carbocycles. The van der Waals surface area contributed by atoms with E-state index in [0.717, 1.165) is 40.8 Å². The van der Waals surface area contributed by atoms with E-state index in [1.54, 1.807) is 24.5 Å². The normalized spacial score (nSPS) is 10.9. The Labute approximate surface area is 176 Å². The van der Waals surface area contributed by atoms with Crippen molar-refractivity contribution in [3.8, 4) is 5.75 Å². The maximum atomic E-state index is 9.39. The van der Waals surface area contributed by atoms with Crippen LogP contribution in [-0.4, -0.2) is 20.1 Å². The number of hydrogen-bond acceptors (Lipinski definition) is 6. The molecule has 0 unspecified atom stereocenters. The number of aromatic hydroxyl groups is 1. The minimum absolute atomic E-state index is 0.253. The lowest BCUT2D eigenvalue weighted by atomic mass is 10.0. The zero-order valence-electron chi connectivity index (χ0n) is 17.2. The lowest BCUT2D eigenvalue weighted by Crippen LogP contribution is -2.04. The van der Waals surface area contributed by atoms with Gasteiger partial charge < -0.3 is 15.7 Å². The van der Waals surface area contributed by atoms with E-state index in [1.165, 1.54) is 11.1 Å². The van der Waals surface area contributed by atoms with Crippen LogP contribution in [0.4, 0.5) is 17.5 Å². The molecular weight excluding hydrogens is 374 g/mol. The van der Waals surface area contributed by atoms with Crippen LogP contribution >= 0.6 is 0 Å². The first-order chi connectivity index (χ1) is 14.6. The Hall–Kier alpha value is -3.67. The molecule has 6 heteroatoms. The molecule has 30 heavy (non-hydrogen) atoms. The fraction of sp³-hybridized carbons (Fsp3) is 0.208. The van der Waals surface area contributed by atoms with Gasteiger partial charge in [0.25, 0.3) is 0 Å². The van der Waals surface area contributed by atoms with Crippen LogP contribution in [0.3, 0.4) is 0 Å². The Morgan fingerprint density at radius 2 is 1.83 bits per heavy atom. The minimum atomic E-state index is 0.253. The van der Waals surface area contributed by atoms with Crippen molar-refractivity contribution < 1.29 is 5.11 Å². The van der Waals surface area contributed by atoms with E-state index >= 15 is 0 Å². The molecule has 0 radical (unpaired) electrons. The predicted octanol–water partition coefficient (Wildman–Crippen LogP) is 5.35. The molecule has 0 aliphatic carbocycles. The molecule has 4 aromatic rings. The second-order valence-corrected chi connectivity index (χ2v) is 7.32. The first-order valence-electron chi connectivity index (χ1n) is 10.1. The van der Waals surface area contributed by atoms with Gasteiger partial charge in [0, 0.05) is 24.6 Å². The Morgan fingerprint density at radius 3 is 2.63 bits per heavy atom. The zero-order chi connectivity index (χ0) is 20.9. The Balaban J connectivity index is 1.54. The van der Waals surface area contributed by atoms with Crippen LogP contribution in [0, 0.1) is 6.92 Å². The average molecular weight is 399 g/mol. The van der Waals surface area contributed by atoms with E-state index < -0.39 is 0 Å². The van der Waals surface area contributed by atoms with Gasteiger partial charge in [-0.05, 0) is 60.4 Å². The van der Waals surface area contributed by atoms with Crippen LogP contribution in [0.1, 0.15) is 30.0 Å². The molecule has 2 heterocycles. The summed E-state index contributed by atoms with van der Waals surface area (Å²) in [6.07, 6.45) is 5.72. The highest BCUT2D eigenvalue weighted by Gasteiger charge is 2.08. The Kier molecular flexibility index (Phi) is 5.75. The highest BCUT2D eigenvalue weighted by molar-refractivity contribution is 5.90. The van der Waals surface area contributed by atoms with Crippen LogP contribution in [0.5, 0.6) is 5.75 Å². The molecule has 3 N–H and O–H groups in total. The summed E-state index contributed by atoms with van der Waals surface area (Å²) in [5, 5.41) is 16.9. The molecule has 0 atom stereocenters. The number of nitrogens with zero attached hydrogens (tertiary/aromatic N) is 3. The molecule has 0 saturated carbocycles. The Morgan fingerprint density at radius 1 is 1.00 bits per heavy atom. The summed E-state index contributed by atoms with van der Waals surface area (Å²) in [5.41, 5.74) is 5.52. The van der Waals surface area contributed by atoms with E-state index in [0.29, 0.717) is 12.5 Å². The van der Waals surface area contributed by atoms with Crippen LogP contribution in [-0.2, 0) is 13.0 Å². The number of rotatable bonds is 7. The van der Waals surface area contributed by atoms with Gasteiger partial charge in [-0.1, -0.05) is 31.5 Å². The van der Waals surface area contributed by atoms with Gasteiger partial charge in [0.15, 0.2) is 0 Å².